The predicted octanol–water partition coefficient (Wildman–Crippen LogP) is 4.19. The number of hydrogen-bond donors (Lipinski definition) is 0. The third kappa shape index (κ3) is 2.18. The highest BCUT2D eigenvalue weighted by Crippen LogP contribution is 2.34. The second kappa shape index (κ2) is 4.30. The number of halogens is 3. The van der Waals surface area contributed by atoms with Crippen LogP contribution in [0.4, 0.5) is 4.39 Å². The molecule has 1 aliphatic rings. The van der Waals surface area contributed by atoms with E-state index in [1.165, 1.54) is 12.2 Å². The molecule has 4 heteroatoms. The second-order valence-electron chi connectivity index (χ2n) is 3.16. The minimum atomic E-state index is -0.535. The molecule has 0 amide bonds. The van der Waals surface area contributed by atoms with Crippen molar-refractivity contribution in [1.82, 2.24) is 0 Å². The highest BCUT2D eigenvalue weighted by molar-refractivity contribution is 8.01. The largest absolute Gasteiger partial charge is 0.204 e. The van der Waals surface area contributed by atoms with Gasteiger partial charge in [0, 0.05) is 11.7 Å². The van der Waals surface area contributed by atoms with E-state index in [-0.39, 0.29) is 10.0 Å². The maximum absolute atomic E-state index is 13.1. The van der Waals surface area contributed by atoms with E-state index < -0.39 is 5.82 Å². The predicted molar refractivity (Wildman–Crippen MR) is 60.7 cm³/mol. The van der Waals surface area contributed by atoms with Gasteiger partial charge in [0.1, 0.15) is 0 Å². The monoisotopic (exact) mass is 249 g/mol. The first-order valence-electron chi connectivity index (χ1n) is 4.28. The van der Waals surface area contributed by atoms with Gasteiger partial charge in [0.2, 0.25) is 0 Å². The molecule has 1 radical (unpaired) electrons. The Morgan fingerprint density at radius 2 is 1.93 bits per heavy atom. The van der Waals surface area contributed by atoms with E-state index in [4.69, 9.17) is 23.2 Å². The Balaban J connectivity index is 2.17. The molecule has 0 aromatic heterocycles. The molecule has 0 saturated carbocycles. The molecule has 1 fully saturated rings. The highest BCUT2D eigenvalue weighted by Gasteiger charge is 2.19. The Morgan fingerprint density at radius 1 is 1.36 bits per heavy atom. The van der Waals surface area contributed by atoms with Crippen LogP contribution in [0.5, 0.6) is 0 Å². The van der Waals surface area contributed by atoms with Crippen LogP contribution in [0.3, 0.4) is 0 Å². The molecule has 1 aromatic rings. The molecule has 75 valence electrons. The lowest BCUT2D eigenvalue weighted by molar-refractivity contribution is 0.628. The van der Waals surface area contributed by atoms with Crippen molar-refractivity contribution < 1.29 is 4.39 Å². The minimum absolute atomic E-state index is 0.0908. The molecule has 0 bridgehead atoms. The van der Waals surface area contributed by atoms with Crippen LogP contribution in [-0.4, -0.2) is 11.0 Å². The van der Waals surface area contributed by atoms with Gasteiger partial charge >= 0.3 is 0 Å². The second-order valence-corrected chi connectivity index (χ2v) is 5.32. The highest BCUT2D eigenvalue weighted by atomic mass is 35.5. The van der Waals surface area contributed by atoms with Crippen LogP contribution in [-0.2, 0) is 0 Å². The van der Waals surface area contributed by atoms with Crippen LogP contribution in [0.25, 0.3) is 0 Å². The van der Waals surface area contributed by atoms with Gasteiger partial charge in [-0.3, -0.25) is 0 Å². The van der Waals surface area contributed by atoms with Gasteiger partial charge in [-0.2, -0.15) is 11.8 Å². The Bertz CT molecular complexity index is 327. The quantitative estimate of drug-likeness (QED) is 0.709. The molecular formula is C10H8Cl2FS. The van der Waals surface area contributed by atoms with Crippen molar-refractivity contribution in [2.24, 2.45) is 0 Å². The number of thioether (sulfide) groups is 1. The van der Waals surface area contributed by atoms with E-state index in [0.717, 1.165) is 5.56 Å². The molecule has 1 aliphatic heterocycles. The standard InChI is InChI=1S/C10H8Cl2FS/c11-8-4-6(3-7-1-2-14-7)5-9(12)10(8)13/h3-5,7H,1-2H2. The minimum Gasteiger partial charge on any atom is -0.204 e. The number of rotatable bonds is 2. The summed E-state index contributed by atoms with van der Waals surface area (Å²) < 4.78 is 13.1. The van der Waals surface area contributed by atoms with E-state index in [9.17, 15) is 4.39 Å². The Morgan fingerprint density at radius 3 is 2.36 bits per heavy atom. The van der Waals surface area contributed by atoms with Crippen molar-refractivity contribution >= 4 is 35.0 Å². The summed E-state index contributed by atoms with van der Waals surface area (Å²) in [5.74, 6) is 0.663. The SMILES string of the molecule is Fc1c(Cl)cc([CH]C2CCS2)cc1Cl. The fraction of sp³-hybridized carbons (Fsp3) is 0.300. The number of benzene rings is 1. The zero-order valence-electron chi connectivity index (χ0n) is 7.27. The first-order valence-corrected chi connectivity index (χ1v) is 6.08. The molecule has 2 rings (SSSR count). The van der Waals surface area contributed by atoms with Crippen molar-refractivity contribution in [2.45, 2.75) is 11.7 Å². The van der Waals surface area contributed by atoms with Gasteiger partial charge in [-0.05, 0) is 29.9 Å². The summed E-state index contributed by atoms with van der Waals surface area (Å²) in [6, 6.07) is 3.23. The molecule has 1 aromatic carbocycles. The summed E-state index contributed by atoms with van der Waals surface area (Å²) in [6.07, 6.45) is 3.25. The van der Waals surface area contributed by atoms with Gasteiger partial charge in [-0.1, -0.05) is 23.2 Å². The van der Waals surface area contributed by atoms with Gasteiger partial charge in [-0.15, -0.1) is 0 Å². The lowest BCUT2D eigenvalue weighted by Crippen LogP contribution is -2.16. The van der Waals surface area contributed by atoms with Gasteiger partial charge in [0.25, 0.3) is 0 Å². The fourth-order valence-electron chi connectivity index (χ4n) is 1.27. The van der Waals surface area contributed by atoms with Crippen molar-refractivity contribution in [2.75, 3.05) is 5.75 Å². The van der Waals surface area contributed by atoms with Crippen molar-refractivity contribution in [3.63, 3.8) is 0 Å². The van der Waals surface area contributed by atoms with Crippen molar-refractivity contribution in [3.05, 3.63) is 40.0 Å². The first-order chi connectivity index (χ1) is 6.66. The van der Waals surface area contributed by atoms with E-state index in [1.807, 2.05) is 11.8 Å². The average Bonchev–Trinajstić information content (AvgIpc) is 2.07. The zero-order chi connectivity index (χ0) is 10.1. The van der Waals surface area contributed by atoms with E-state index in [2.05, 4.69) is 6.42 Å². The van der Waals surface area contributed by atoms with Gasteiger partial charge < -0.3 is 0 Å². The van der Waals surface area contributed by atoms with Gasteiger partial charge in [0.15, 0.2) is 5.82 Å². The molecule has 0 aliphatic carbocycles. The lowest BCUT2D eigenvalue weighted by Gasteiger charge is -2.24. The fourth-order valence-corrected chi connectivity index (χ4v) is 2.54. The molecular weight excluding hydrogens is 242 g/mol. The summed E-state index contributed by atoms with van der Waals surface area (Å²) >= 11 is 13.2. The summed E-state index contributed by atoms with van der Waals surface area (Å²) in [6.45, 7) is 0. The smallest absolute Gasteiger partial charge is 0.160 e. The molecule has 1 unspecified atom stereocenters. The number of hydrogen-bond acceptors (Lipinski definition) is 1. The van der Waals surface area contributed by atoms with Crippen LogP contribution in [0.2, 0.25) is 10.0 Å². The molecule has 1 heterocycles. The van der Waals surface area contributed by atoms with E-state index in [1.54, 1.807) is 12.1 Å². The normalized spacial score (nSPS) is 20.6. The van der Waals surface area contributed by atoms with Crippen LogP contribution in [0, 0.1) is 12.2 Å². The third-order valence-corrected chi connectivity index (χ3v) is 3.94. The molecule has 1 saturated heterocycles. The molecule has 1 atom stereocenters. The van der Waals surface area contributed by atoms with Crippen LogP contribution in [0.15, 0.2) is 12.1 Å². The molecule has 0 spiro atoms. The topological polar surface area (TPSA) is 0 Å². The lowest BCUT2D eigenvalue weighted by atomic mass is 10.1. The van der Waals surface area contributed by atoms with Crippen LogP contribution < -0.4 is 0 Å². The zero-order valence-corrected chi connectivity index (χ0v) is 9.59. The average molecular weight is 250 g/mol. The van der Waals surface area contributed by atoms with Crippen LogP contribution >= 0.6 is 35.0 Å². The first kappa shape index (κ1) is 10.6. The van der Waals surface area contributed by atoms with Gasteiger partial charge in [-0.25, -0.2) is 4.39 Å². The van der Waals surface area contributed by atoms with Crippen molar-refractivity contribution in [3.8, 4) is 0 Å². The maximum atomic E-state index is 13.1. The summed E-state index contributed by atoms with van der Waals surface area (Å²) in [5, 5.41) is 0.716. The van der Waals surface area contributed by atoms with Crippen molar-refractivity contribution in [1.29, 1.82) is 0 Å². The molecule has 0 N–H and O–H groups in total. The van der Waals surface area contributed by atoms with Gasteiger partial charge in [0.05, 0.1) is 10.0 Å². The Hall–Kier alpha value is 0.0800. The van der Waals surface area contributed by atoms with Crippen LogP contribution in [0.1, 0.15) is 12.0 Å². The Kier molecular flexibility index (Phi) is 3.25. The summed E-state index contributed by atoms with van der Waals surface area (Å²) in [4.78, 5) is 0. The maximum Gasteiger partial charge on any atom is 0.160 e. The third-order valence-electron chi connectivity index (χ3n) is 2.12. The Labute approximate surface area is 96.8 Å². The molecule has 14 heavy (non-hydrogen) atoms. The van der Waals surface area contributed by atoms with E-state index >= 15 is 0 Å². The van der Waals surface area contributed by atoms with E-state index in [0.29, 0.717) is 5.25 Å². The summed E-state index contributed by atoms with van der Waals surface area (Å²) in [5.41, 5.74) is 0.901. The summed E-state index contributed by atoms with van der Waals surface area (Å²) in [7, 11) is 0. The molecule has 0 nitrogen and oxygen atoms in total.